The summed E-state index contributed by atoms with van der Waals surface area (Å²) in [4.78, 5) is 28.2. The van der Waals surface area contributed by atoms with E-state index in [1.165, 1.54) is 11.6 Å². The molecular weight excluding hydrogens is 365 g/mol. The number of amides is 1. The highest BCUT2D eigenvalue weighted by molar-refractivity contribution is 6.07. The van der Waals surface area contributed by atoms with Gasteiger partial charge in [0, 0.05) is 35.7 Å². The van der Waals surface area contributed by atoms with Crippen LogP contribution in [0.2, 0.25) is 0 Å². The van der Waals surface area contributed by atoms with Crippen LogP contribution in [0.3, 0.4) is 0 Å². The maximum absolute atomic E-state index is 14.6. The Balaban J connectivity index is 1.89. The van der Waals surface area contributed by atoms with Gasteiger partial charge in [-0.05, 0) is 47.6 Å². The summed E-state index contributed by atoms with van der Waals surface area (Å²) < 4.78 is 14.6. The van der Waals surface area contributed by atoms with Gasteiger partial charge >= 0.3 is 0 Å². The lowest BCUT2D eigenvalue weighted by atomic mass is 9.69. The zero-order valence-corrected chi connectivity index (χ0v) is 17.2. The molecule has 1 aliphatic heterocycles. The number of Topliss-reactive ketones (excluding diaryl/α,β-unsaturated/α-hetero) is 1. The number of hydrogen-bond acceptors (Lipinski definition) is 2. The number of hydrogen-bond donors (Lipinski definition) is 0. The number of allylic oxidation sites excluding steroid dienone is 2. The van der Waals surface area contributed by atoms with Crippen LogP contribution in [0.1, 0.15) is 57.1 Å². The summed E-state index contributed by atoms with van der Waals surface area (Å²) in [6.07, 6.45) is 2.04. The van der Waals surface area contributed by atoms with Crippen LogP contribution in [0.15, 0.2) is 59.8 Å². The average Bonchev–Trinajstić information content (AvgIpc) is 2.67. The molecule has 150 valence electrons. The maximum atomic E-state index is 14.6. The Bertz CT molecular complexity index is 1000. The molecule has 2 aromatic carbocycles. The van der Waals surface area contributed by atoms with Crippen LogP contribution in [0.4, 0.5) is 10.1 Å². The molecule has 2 aromatic rings. The number of carbonyl (C=O) groups excluding carboxylic acids is 2. The molecule has 0 spiro atoms. The highest BCUT2D eigenvalue weighted by Crippen LogP contribution is 2.48. The summed E-state index contributed by atoms with van der Waals surface area (Å²) in [7, 11) is 0. The van der Waals surface area contributed by atoms with Gasteiger partial charge in [0.15, 0.2) is 5.78 Å². The molecule has 3 nitrogen and oxygen atoms in total. The molecule has 1 aliphatic carbocycles. The number of halogens is 1. The Labute approximate surface area is 171 Å². The first-order chi connectivity index (χ1) is 13.8. The Hall–Kier alpha value is -2.75. The van der Waals surface area contributed by atoms with Gasteiger partial charge in [-0.2, -0.15) is 0 Å². The van der Waals surface area contributed by atoms with Crippen LogP contribution in [0, 0.1) is 11.2 Å². The molecule has 1 heterocycles. The summed E-state index contributed by atoms with van der Waals surface area (Å²) >= 11 is 0. The highest BCUT2D eigenvalue weighted by atomic mass is 19.1. The number of aryl methyl sites for hydroxylation is 1. The van der Waals surface area contributed by atoms with Crippen LogP contribution >= 0.6 is 0 Å². The van der Waals surface area contributed by atoms with E-state index in [0.29, 0.717) is 24.0 Å². The molecule has 2 aliphatic rings. The van der Waals surface area contributed by atoms with Crippen molar-refractivity contribution < 1.29 is 14.0 Å². The lowest BCUT2D eigenvalue weighted by Gasteiger charge is -2.43. The van der Waals surface area contributed by atoms with Gasteiger partial charge in [0.2, 0.25) is 5.91 Å². The zero-order valence-electron chi connectivity index (χ0n) is 17.2. The van der Waals surface area contributed by atoms with Crippen molar-refractivity contribution in [2.75, 3.05) is 4.90 Å². The quantitative estimate of drug-likeness (QED) is 0.688. The van der Waals surface area contributed by atoms with Crippen molar-refractivity contribution in [3.8, 4) is 0 Å². The summed E-state index contributed by atoms with van der Waals surface area (Å²) in [6, 6.07) is 14.4. The van der Waals surface area contributed by atoms with E-state index in [4.69, 9.17) is 0 Å². The molecule has 1 amide bonds. The molecular formula is C25H26FNO2. The van der Waals surface area contributed by atoms with Crippen molar-refractivity contribution in [1.82, 2.24) is 0 Å². The van der Waals surface area contributed by atoms with Gasteiger partial charge in [0.1, 0.15) is 5.82 Å². The molecule has 0 bridgehead atoms. The number of rotatable bonds is 3. The molecule has 0 saturated carbocycles. The Morgan fingerprint density at radius 1 is 1.03 bits per heavy atom. The van der Waals surface area contributed by atoms with E-state index in [2.05, 4.69) is 6.92 Å². The fourth-order valence-electron chi connectivity index (χ4n) is 4.62. The Morgan fingerprint density at radius 2 is 1.72 bits per heavy atom. The standard InChI is InChI=1S/C25H26FNO2/c1-4-16-9-11-17(12-10-16)27-21-14-25(2,3)15-22(28)24(21)19(13-23(27)29)18-7-5-6-8-20(18)26/h5-12,19H,4,13-15H2,1-3H3. The van der Waals surface area contributed by atoms with Crippen molar-refractivity contribution in [1.29, 1.82) is 0 Å². The Morgan fingerprint density at radius 3 is 2.38 bits per heavy atom. The predicted octanol–water partition coefficient (Wildman–Crippen LogP) is 5.55. The predicted molar refractivity (Wildman–Crippen MR) is 112 cm³/mol. The molecule has 0 saturated heterocycles. The van der Waals surface area contributed by atoms with Crippen molar-refractivity contribution in [2.45, 2.75) is 52.4 Å². The first kappa shape index (κ1) is 19.6. The minimum atomic E-state index is -0.520. The number of ketones is 1. The van der Waals surface area contributed by atoms with Crippen molar-refractivity contribution in [2.24, 2.45) is 5.41 Å². The van der Waals surface area contributed by atoms with Gasteiger partial charge in [0.05, 0.1) is 0 Å². The van der Waals surface area contributed by atoms with E-state index in [1.54, 1.807) is 23.1 Å². The molecule has 1 unspecified atom stereocenters. The zero-order chi connectivity index (χ0) is 20.8. The number of anilines is 1. The SMILES string of the molecule is CCc1ccc(N2C(=O)CC(c3ccccc3F)C3=C2CC(C)(C)CC3=O)cc1. The third kappa shape index (κ3) is 3.52. The topological polar surface area (TPSA) is 37.4 Å². The van der Waals surface area contributed by atoms with Gasteiger partial charge in [0.25, 0.3) is 0 Å². The molecule has 4 heteroatoms. The second-order valence-electron chi connectivity index (χ2n) is 8.83. The lowest BCUT2D eigenvalue weighted by molar-refractivity contribution is -0.121. The van der Waals surface area contributed by atoms with Crippen LogP contribution in [0.25, 0.3) is 0 Å². The lowest BCUT2D eigenvalue weighted by Crippen LogP contribution is -2.43. The molecule has 4 rings (SSSR count). The van der Waals surface area contributed by atoms with Gasteiger partial charge in [-0.25, -0.2) is 4.39 Å². The highest BCUT2D eigenvalue weighted by Gasteiger charge is 2.44. The summed E-state index contributed by atoms with van der Waals surface area (Å²) in [5, 5.41) is 0. The summed E-state index contributed by atoms with van der Waals surface area (Å²) in [5.74, 6) is -0.956. The summed E-state index contributed by atoms with van der Waals surface area (Å²) in [5.41, 5.74) is 3.50. The van der Waals surface area contributed by atoms with Gasteiger partial charge in [-0.3, -0.25) is 14.5 Å². The first-order valence-corrected chi connectivity index (χ1v) is 10.2. The fraction of sp³-hybridized carbons (Fsp3) is 0.360. The van der Waals surface area contributed by atoms with Crippen LogP contribution in [-0.4, -0.2) is 11.7 Å². The normalized spacial score (nSPS) is 21.4. The van der Waals surface area contributed by atoms with Crippen LogP contribution in [-0.2, 0) is 16.0 Å². The monoisotopic (exact) mass is 391 g/mol. The van der Waals surface area contributed by atoms with E-state index in [0.717, 1.165) is 17.8 Å². The van der Waals surface area contributed by atoms with E-state index < -0.39 is 5.92 Å². The molecule has 0 aromatic heterocycles. The first-order valence-electron chi connectivity index (χ1n) is 10.2. The summed E-state index contributed by atoms with van der Waals surface area (Å²) in [6.45, 7) is 6.18. The van der Waals surface area contributed by atoms with E-state index >= 15 is 0 Å². The molecule has 1 atom stereocenters. The molecule has 0 N–H and O–H groups in total. The van der Waals surface area contributed by atoms with Crippen LogP contribution in [0.5, 0.6) is 0 Å². The second kappa shape index (κ2) is 7.25. The van der Waals surface area contributed by atoms with Crippen molar-refractivity contribution >= 4 is 17.4 Å². The number of carbonyl (C=O) groups is 2. The van der Waals surface area contributed by atoms with Gasteiger partial charge < -0.3 is 0 Å². The average molecular weight is 391 g/mol. The third-order valence-corrected chi connectivity index (χ3v) is 6.03. The minimum Gasteiger partial charge on any atom is -0.294 e. The minimum absolute atomic E-state index is 0.0205. The smallest absolute Gasteiger partial charge is 0.232 e. The van der Waals surface area contributed by atoms with E-state index in [9.17, 15) is 14.0 Å². The fourth-order valence-corrected chi connectivity index (χ4v) is 4.62. The molecule has 0 radical (unpaired) electrons. The largest absolute Gasteiger partial charge is 0.294 e. The number of nitrogens with zero attached hydrogens (tertiary/aromatic N) is 1. The van der Waals surface area contributed by atoms with Gasteiger partial charge in [-0.1, -0.05) is 51.1 Å². The second-order valence-corrected chi connectivity index (χ2v) is 8.83. The maximum Gasteiger partial charge on any atom is 0.232 e. The van der Waals surface area contributed by atoms with Crippen molar-refractivity contribution in [3.05, 3.63) is 76.7 Å². The van der Waals surface area contributed by atoms with Crippen LogP contribution < -0.4 is 4.90 Å². The molecule has 0 fully saturated rings. The van der Waals surface area contributed by atoms with Gasteiger partial charge in [-0.15, -0.1) is 0 Å². The number of benzene rings is 2. The van der Waals surface area contributed by atoms with E-state index in [-0.39, 0.29) is 29.3 Å². The Kier molecular flexibility index (Phi) is 4.89. The third-order valence-electron chi connectivity index (χ3n) is 6.03. The van der Waals surface area contributed by atoms with E-state index in [1.807, 2.05) is 38.1 Å². The molecule has 29 heavy (non-hydrogen) atoms. The van der Waals surface area contributed by atoms with Crippen molar-refractivity contribution in [3.63, 3.8) is 0 Å².